The van der Waals surface area contributed by atoms with E-state index >= 15 is 0 Å². The van der Waals surface area contributed by atoms with Crippen LogP contribution < -0.4 is 4.90 Å². The molecule has 2 heterocycles. The second-order valence-electron chi connectivity index (χ2n) is 14.4. The maximum Gasteiger partial charge on any atom is 0.227 e. The van der Waals surface area contributed by atoms with Crippen molar-refractivity contribution in [2.45, 2.75) is 0 Å². The van der Waals surface area contributed by atoms with Crippen molar-refractivity contribution in [2.24, 2.45) is 0 Å². The van der Waals surface area contributed by atoms with Crippen molar-refractivity contribution in [3.05, 3.63) is 206 Å². The highest BCUT2D eigenvalue weighted by molar-refractivity contribution is 6.17. The van der Waals surface area contributed by atoms with E-state index in [0.29, 0.717) is 5.89 Å². The van der Waals surface area contributed by atoms with E-state index in [1.165, 1.54) is 33.0 Å². The molecule has 0 saturated carbocycles. The molecule has 4 nitrogen and oxygen atoms in total. The minimum absolute atomic E-state index is 0.598. The van der Waals surface area contributed by atoms with E-state index < -0.39 is 0 Å². The standard InChI is InChI=1S/C53H34N2O2/c1-3-11-35(12-4-1)40-17-9-18-44(33-40)55(43-28-23-38(24-29-43)46-20-10-16-37-13-7-8-19-45(37)46)42-26-21-36(22-27-42)41-25-30-48-47(34-41)51-49(56-48)31-32-50-52(51)54-53(57-50)39-14-5-2-6-15-39/h1-34H. The highest BCUT2D eigenvalue weighted by Gasteiger charge is 2.18. The Balaban J connectivity index is 0.990. The third kappa shape index (κ3) is 5.83. The third-order valence-electron chi connectivity index (χ3n) is 10.9. The normalized spacial score (nSPS) is 11.5. The van der Waals surface area contributed by atoms with Gasteiger partial charge in [-0.15, -0.1) is 0 Å². The van der Waals surface area contributed by atoms with Crippen molar-refractivity contribution < 1.29 is 8.83 Å². The first-order valence-electron chi connectivity index (χ1n) is 19.2. The van der Waals surface area contributed by atoms with Gasteiger partial charge in [0.05, 0.1) is 5.39 Å². The average molecular weight is 731 g/mol. The number of furan rings is 1. The van der Waals surface area contributed by atoms with Gasteiger partial charge in [-0.1, -0.05) is 133 Å². The van der Waals surface area contributed by atoms with Gasteiger partial charge >= 0.3 is 0 Å². The third-order valence-corrected chi connectivity index (χ3v) is 10.9. The Morgan fingerprint density at radius 2 is 0.930 bits per heavy atom. The second-order valence-corrected chi connectivity index (χ2v) is 14.4. The molecule has 0 N–H and O–H groups in total. The van der Waals surface area contributed by atoms with Crippen LogP contribution in [0.25, 0.3) is 88.6 Å². The van der Waals surface area contributed by atoms with Gasteiger partial charge in [0.15, 0.2) is 5.58 Å². The van der Waals surface area contributed by atoms with Crippen LogP contribution >= 0.6 is 0 Å². The largest absolute Gasteiger partial charge is 0.456 e. The van der Waals surface area contributed by atoms with E-state index in [1.54, 1.807) is 0 Å². The molecule has 4 heteroatoms. The Kier molecular flexibility index (Phi) is 7.78. The van der Waals surface area contributed by atoms with E-state index in [9.17, 15) is 0 Å². The number of anilines is 3. The first-order valence-corrected chi connectivity index (χ1v) is 19.2. The summed E-state index contributed by atoms with van der Waals surface area (Å²) in [5.74, 6) is 0.598. The molecule has 0 aliphatic heterocycles. The maximum absolute atomic E-state index is 6.33. The number of rotatable bonds is 7. The van der Waals surface area contributed by atoms with E-state index in [4.69, 9.17) is 13.8 Å². The molecule has 0 bridgehead atoms. The highest BCUT2D eigenvalue weighted by atomic mass is 16.4. The predicted octanol–water partition coefficient (Wildman–Crippen LogP) is 15.0. The van der Waals surface area contributed by atoms with Gasteiger partial charge in [-0.25, -0.2) is 4.98 Å². The molecule has 0 radical (unpaired) electrons. The van der Waals surface area contributed by atoms with E-state index in [-0.39, 0.29) is 0 Å². The molecule has 0 aliphatic carbocycles. The van der Waals surface area contributed by atoms with E-state index in [1.807, 2.05) is 42.5 Å². The second kappa shape index (κ2) is 13.6. The molecular formula is C53H34N2O2. The van der Waals surface area contributed by atoms with Crippen molar-refractivity contribution >= 4 is 60.9 Å². The summed E-state index contributed by atoms with van der Waals surface area (Å²) < 4.78 is 12.6. The lowest BCUT2D eigenvalue weighted by Crippen LogP contribution is -2.10. The van der Waals surface area contributed by atoms with Crippen LogP contribution in [0.3, 0.4) is 0 Å². The Labute approximate surface area is 329 Å². The fourth-order valence-corrected chi connectivity index (χ4v) is 8.11. The molecule has 9 aromatic carbocycles. The van der Waals surface area contributed by atoms with Gasteiger partial charge in [-0.2, -0.15) is 0 Å². The molecule has 268 valence electrons. The van der Waals surface area contributed by atoms with Crippen LogP contribution in [0.2, 0.25) is 0 Å². The van der Waals surface area contributed by atoms with Gasteiger partial charge in [0.25, 0.3) is 0 Å². The first kappa shape index (κ1) is 32.7. The number of hydrogen-bond donors (Lipinski definition) is 0. The zero-order chi connectivity index (χ0) is 37.7. The number of nitrogens with zero attached hydrogens (tertiary/aromatic N) is 2. The van der Waals surface area contributed by atoms with Gasteiger partial charge in [0.2, 0.25) is 5.89 Å². The monoisotopic (exact) mass is 730 g/mol. The van der Waals surface area contributed by atoms with E-state index in [0.717, 1.165) is 66.8 Å². The van der Waals surface area contributed by atoms with Crippen molar-refractivity contribution in [3.8, 4) is 44.8 Å². The molecule has 0 amide bonds. The fourth-order valence-electron chi connectivity index (χ4n) is 8.11. The SMILES string of the molecule is c1ccc(-c2cccc(N(c3ccc(-c4ccc5oc6ccc7oc(-c8ccccc8)nc7c6c5c4)cc3)c3ccc(-c4cccc5ccccc45)cc3)c2)cc1. The van der Waals surface area contributed by atoms with Crippen LogP contribution in [0.4, 0.5) is 17.1 Å². The quantitative estimate of drug-likeness (QED) is 0.164. The van der Waals surface area contributed by atoms with Crippen LogP contribution in [0.15, 0.2) is 215 Å². The average Bonchev–Trinajstić information content (AvgIpc) is 3.89. The van der Waals surface area contributed by atoms with Gasteiger partial charge in [-0.3, -0.25) is 0 Å². The predicted molar refractivity (Wildman–Crippen MR) is 235 cm³/mol. The lowest BCUT2D eigenvalue weighted by Gasteiger charge is -2.26. The summed E-state index contributed by atoms with van der Waals surface area (Å²) in [6.07, 6.45) is 0. The molecule has 0 fully saturated rings. The molecule has 0 saturated heterocycles. The Hall–Kier alpha value is -7.69. The molecule has 0 aliphatic rings. The van der Waals surface area contributed by atoms with Crippen LogP contribution in [0, 0.1) is 0 Å². The lowest BCUT2D eigenvalue weighted by molar-refractivity contribution is 0.619. The number of oxazole rings is 1. The van der Waals surface area contributed by atoms with Crippen LogP contribution in [-0.4, -0.2) is 4.98 Å². The Bertz CT molecular complexity index is 3210. The molecule has 0 spiro atoms. The number of benzene rings is 9. The lowest BCUT2D eigenvalue weighted by atomic mass is 9.98. The summed E-state index contributed by atoms with van der Waals surface area (Å²) in [5.41, 5.74) is 14.3. The topological polar surface area (TPSA) is 42.4 Å². The van der Waals surface area contributed by atoms with Crippen molar-refractivity contribution in [1.29, 1.82) is 0 Å². The van der Waals surface area contributed by atoms with Crippen molar-refractivity contribution in [3.63, 3.8) is 0 Å². The van der Waals surface area contributed by atoms with Gasteiger partial charge in [-0.05, 0) is 117 Å². The summed E-state index contributed by atoms with van der Waals surface area (Å²) in [6.45, 7) is 0. The summed E-state index contributed by atoms with van der Waals surface area (Å²) in [6, 6.07) is 72.5. The zero-order valence-electron chi connectivity index (χ0n) is 30.8. The Morgan fingerprint density at radius 3 is 1.72 bits per heavy atom. The molecule has 0 atom stereocenters. The summed E-state index contributed by atoms with van der Waals surface area (Å²) in [4.78, 5) is 7.29. The van der Waals surface area contributed by atoms with Crippen LogP contribution in [0.5, 0.6) is 0 Å². The van der Waals surface area contributed by atoms with Gasteiger partial charge in [0, 0.05) is 28.0 Å². The molecule has 57 heavy (non-hydrogen) atoms. The minimum Gasteiger partial charge on any atom is -0.456 e. The van der Waals surface area contributed by atoms with Gasteiger partial charge in [0.1, 0.15) is 16.7 Å². The first-order chi connectivity index (χ1) is 28.2. The Morgan fingerprint density at radius 1 is 0.351 bits per heavy atom. The van der Waals surface area contributed by atoms with Gasteiger partial charge < -0.3 is 13.7 Å². The number of hydrogen-bond acceptors (Lipinski definition) is 4. The smallest absolute Gasteiger partial charge is 0.227 e. The van der Waals surface area contributed by atoms with Crippen molar-refractivity contribution in [1.82, 2.24) is 4.98 Å². The highest BCUT2D eigenvalue weighted by Crippen LogP contribution is 2.41. The fraction of sp³-hybridized carbons (Fsp3) is 0. The molecule has 2 aromatic heterocycles. The van der Waals surface area contributed by atoms with Crippen LogP contribution in [-0.2, 0) is 0 Å². The molecule has 11 aromatic rings. The van der Waals surface area contributed by atoms with Crippen molar-refractivity contribution in [2.75, 3.05) is 4.90 Å². The number of aromatic nitrogens is 1. The summed E-state index contributed by atoms with van der Waals surface area (Å²) in [5, 5.41) is 4.46. The summed E-state index contributed by atoms with van der Waals surface area (Å²) in [7, 11) is 0. The molecule has 11 rings (SSSR count). The summed E-state index contributed by atoms with van der Waals surface area (Å²) >= 11 is 0. The maximum atomic E-state index is 6.33. The zero-order valence-corrected chi connectivity index (χ0v) is 30.8. The molecule has 0 unspecified atom stereocenters. The van der Waals surface area contributed by atoms with Crippen LogP contribution in [0.1, 0.15) is 0 Å². The molecular weight excluding hydrogens is 697 g/mol. The number of fused-ring (bicyclic) bond motifs is 6. The minimum atomic E-state index is 0.598. The van der Waals surface area contributed by atoms with E-state index in [2.05, 4.69) is 169 Å².